The summed E-state index contributed by atoms with van der Waals surface area (Å²) in [6.45, 7) is 8.55. The van der Waals surface area contributed by atoms with Gasteiger partial charge in [0, 0.05) is 12.1 Å². The number of hydrogen-bond donors (Lipinski definition) is 1. The minimum absolute atomic E-state index is 0.684. The number of aryl methyl sites for hydroxylation is 2. The third-order valence-corrected chi connectivity index (χ3v) is 2.92. The highest BCUT2D eigenvalue weighted by atomic mass is 15.1. The molecule has 1 aromatic heterocycles. The molecule has 0 unspecified atom stereocenters. The van der Waals surface area contributed by atoms with E-state index in [1.54, 1.807) is 6.33 Å². The first-order valence-electron chi connectivity index (χ1n) is 5.63. The van der Waals surface area contributed by atoms with Gasteiger partial charge in [0.25, 0.3) is 0 Å². The lowest BCUT2D eigenvalue weighted by Gasteiger charge is -2.08. The first-order valence-corrected chi connectivity index (χ1v) is 5.63. The third-order valence-electron chi connectivity index (χ3n) is 2.92. The SMILES string of the molecule is C=CCn1cnc(-c2c(C)cccc2C)c1N. The Labute approximate surface area is 102 Å². The van der Waals surface area contributed by atoms with Crippen molar-refractivity contribution < 1.29 is 0 Å². The van der Waals surface area contributed by atoms with E-state index in [1.165, 1.54) is 11.1 Å². The van der Waals surface area contributed by atoms with Gasteiger partial charge in [0.05, 0.1) is 6.33 Å². The first-order chi connectivity index (χ1) is 8.15. The van der Waals surface area contributed by atoms with Crippen molar-refractivity contribution in [3.05, 3.63) is 48.3 Å². The Morgan fingerprint density at radius 3 is 2.59 bits per heavy atom. The lowest BCUT2D eigenvalue weighted by atomic mass is 10.0. The first kappa shape index (κ1) is 11.5. The summed E-state index contributed by atoms with van der Waals surface area (Å²) in [6.07, 6.45) is 3.57. The topological polar surface area (TPSA) is 43.8 Å². The molecule has 0 saturated carbocycles. The standard InChI is InChI=1S/C14H17N3/c1-4-8-17-9-16-13(14(17)15)12-10(2)6-5-7-11(12)3/h4-7,9H,1,8,15H2,2-3H3. The maximum atomic E-state index is 6.11. The quantitative estimate of drug-likeness (QED) is 0.819. The number of hydrogen-bond acceptors (Lipinski definition) is 2. The predicted molar refractivity (Wildman–Crippen MR) is 71.7 cm³/mol. The minimum Gasteiger partial charge on any atom is -0.383 e. The summed E-state index contributed by atoms with van der Waals surface area (Å²) in [5, 5.41) is 0. The van der Waals surface area contributed by atoms with Gasteiger partial charge in [-0.05, 0) is 25.0 Å². The van der Waals surface area contributed by atoms with E-state index >= 15 is 0 Å². The monoisotopic (exact) mass is 227 g/mol. The molecule has 3 nitrogen and oxygen atoms in total. The number of aromatic nitrogens is 2. The maximum absolute atomic E-state index is 6.11. The van der Waals surface area contributed by atoms with Gasteiger partial charge in [0.1, 0.15) is 11.5 Å². The van der Waals surface area contributed by atoms with Crippen molar-refractivity contribution in [2.24, 2.45) is 0 Å². The lowest BCUT2D eigenvalue weighted by molar-refractivity contribution is 0.833. The number of rotatable bonds is 3. The molecular formula is C14H17N3. The van der Waals surface area contributed by atoms with Crippen LogP contribution in [0.25, 0.3) is 11.3 Å². The number of imidazole rings is 1. The molecule has 0 atom stereocenters. The van der Waals surface area contributed by atoms with Crippen LogP contribution >= 0.6 is 0 Å². The average Bonchev–Trinajstić information content (AvgIpc) is 2.62. The number of nitrogens with two attached hydrogens (primary N) is 1. The number of allylic oxidation sites excluding steroid dienone is 1. The van der Waals surface area contributed by atoms with Crippen LogP contribution in [0.1, 0.15) is 11.1 Å². The molecule has 1 heterocycles. The summed E-state index contributed by atoms with van der Waals surface area (Å²) >= 11 is 0. The molecule has 0 bridgehead atoms. The summed E-state index contributed by atoms with van der Waals surface area (Å²) in [5.74, 6) is 0.697. The molecule has 2 N–H and O–H groups in total. The van der Waals surface area contributed by atoms with Crippen LogP contribution in [0.5, 0.6) is 0 Å². The second-order valence-electron chi connectivity index (χ2n) is 4.19. The zero-order valence-corrected chi connectivity index (χ0v) is 10.3. The van der Waals surface area contributed by atoms with E-state index in [2.05, 4.69) is 37.5 Å². The summed E-state index contributed by atoms with van der Waals surface area (Å²) in [7, 11) is 0. The van der Waals surface area contributed by atoms with Gasteiger partial charge < -0.3 is 10.3 Å². The molecular weight excluding hydrogens is 210 g/mol. The molecule has 88 valence electrons. The lowest BCUT2D eigenvalue weighted by Crippen LogP contribution is -2.01. The van der Waals surface area contributed by atoms with E-state index in [0.29, 0.717) is 12.4 Å². The molecule has 0 fully saturated rings. The van der Waals surface area contributed by atoms with Crippen molar-refractivity contribution in [2.45, 2.75) is 20.4 Å². The van der Waals surface area contributed by atoms with Crippen LogP contribution in [0, 0.1) is 13.8 Å². The highest BCUT2D eigenvalue weighted by Gasteiger charge is 2.13. The van der Waals surface area contributed by atoms with Crippen molar-refractivity contribution in [3.63, 3.8) is 0 Å². The van der Waals surface area contributed by atoms with E-state index < -0.39 is 0 Å². The molecule has 3 heteroatoms. The van der Waals surface area contributed by atoms with Gasteiger partial charge in [0.15, 0.2) is 0 Å². The fourth-order valence-electron chi connectivity index (χ4n) is 2.06. The Morgan fingerprint density at radius 2 is 2.00 bits per heavy atom. The molecule has 0 amide bonds. The molecule has 17 heavy (non-hydrogen) atoms. The van der Waals surface area contributed by atoms with Crippen molar-refractivity contribution in [3.8, 4) is 11.3 Å². The summed E-state index contributed by atoms with van der Waals surface area (Å²) < 4.78 is 1.90. The van der Waals surface area contributed by atoms with Crippen LogP contribution < -0.4 is 5.73 Å². The molecule has 0 aliphatic carbocycles. The van der Waals surface area contributed by atoms with E-state index in [0.717, 1.165) is 11.3 Å². The van der Waals surface area contributed by atoms with Gasteiger partial charge in [-0.15, -0.1) is 6.58 Å². The fraction of sp³-hybridized carbons (Fsp3) is 0.214. The summed E-state index contributed by atoms with van der Waals surface area (Å²) in [4.78, 5) is 4.42. The van der Waals surface area contributed by atoms with E-state index in [-0.39, 0.29) is 0 Å². The van der Waals surface area contributed by atoms with Crippen LogP contribution in [0.2, 0.25) is 0 Å². The van der Waals surface area contributed by atoms with Gasteiger partial charge in [-0.25, -0.2) is 4.98 Å². The zero-order chi connectivity index (χ0) is 12.4. The zero-order valence-electron chi connectivity index (χ0n) is 10.3. The summed E-state index contributed by atoms with van der Waals surface area (Å²) in [6, 6.07) is 6.20. The van der Waals surface area contributed by atoms with Gasteiger partial charge in [-0.2, -0.15) is 0 Å². The fourth-order valence-corrected chi connectivity index (χ4v) is 2.06. The molecule has 0 radical (unpaired) electrons. The highest BCUT2D eigenvalue weighted by Crippen LogP contribution is 2.30. The normalized spacial score (nSPS) is 10.5. The Balaban J connectivity index is 2.57. The molecule has 2 rings (SSSR count). The molecule has 2 aromatic rings. The van der Waals surface area contributed by atoms with Crippen molar-refractivity contribution in [1.82, 2.24) is 9.55 Å². The van der Waals surface area contributed by atoms with Crippen molar-refractivity contribution in [2.75, 3.05) is 5.73 Å². The molecule has 0 aliphatic rings. The van der Waals surface area contributed by atoms with Crippen LogP contribution in [0.3, 0.4) is 0 Å². The van der Waals surface area contributed by atoms with Crippen molar-refractivity contribution in [1.29, 1.82) is 0 Å². The van der Waals surface area contributed by atoms with Crippen LogP contribution in [-0.2, 0) is 6.54 Å². The largest absolute Gasteiger partial charge is 0.383 e. The molecule has 0 spiro atoms. The van der Waals surface area contributed by atoms with E-state index in [9.17, 15) is 0 Å². The Kier molecular flexibility index (Phi) is 3.00. The number of anilines is 1. The highest BCUT2D eigenvalue weighted by molar-refractivity contribution is 5.75. The second-order valence-corrected chi connectivity index (χ2v) is 4.19. The average molecular weight is 227 g/mol. The van der Waals surface area contributed by atoms with Gasteiger partial charge in [-0.3, -0.25) is 0 Å². The third kappa shape index (κ3) is 1.96. The van der Waals surface area contributed by atoms with Crippen LogP contribution in [0.15, 0.2) is 37.2 Å². The van der Waals surface area contributed by atoms with Crippen LogP contribution in [-0.4, -0.2) is 9.55 Å². The van der Waals surface area contributed by atoms with Gasteiger partial charge >= 0.3 is 0 Å². The molecule has 1 aromatic carbocycles. The van der Waals surface area contributed by atoms with E-state index in [1.807, 2.05) is 16.7 Å². The molecule has 0 aliphatic heterocycles. The Hall–Kier alpha value is -2.03. The van der Waals surface area contributed by atoms with Gasteiger partial charge in [-0.1, -0.05) is 24.3 Å². The predicted octanol–water partition coefficient (Wildman–Crippen LogP) is 2.94. The van der Waals surface area contributed by atoms with E-state index in [4.69, 9.17) is 5.73 Å². The Morgan fingerprint density at radius 1 is 1.35 bits per heavy atom. The smallest absolute Gasteiger partial charge is 0.131 e. The number of nitrogens with zero attached hydrogens (tertiary/aromatic N) is 2. The number of benzene rings is 1. The maximum Gasteiger partial charge on any atom is 0.131 e. The summed E-state index contributed by atoms with van der Waals surface area (Å²) in [5.41, 5.74) is 10.5. The minimum atomic E-state index is 0.684. The number of nitrogen functional groups attached to an aromatic ring is 1. The second kappa shape index (κ2) is 4.45. The van der Waals surface area contributed by atoms with Gasteiger partial charge in [0.2, 0.25) is 0 Å². The van der Waals surface area contributed by atoms with Crippen molar-refractivity contribution >= 4 is 5.82 Å². The Bertz CT molecular complexity index is 532. The molecule has 0 saturated heterocycles. The van der Waals surface area contributed by atoms with Crippen LogP contribution in [0.4, 0.5) is 5.82 Å².